The van der Waals surface area contributed by atoms with Gasteiger partial charge < -0.3 is 0 Å². The molecular formula is C10H24O3P+. The van der Waals surface area contributed by atoms with Gasteiger partial charge in [-0.15, -0.1) is 0 Å². The van der Waals surface area contributed by atoms with Gasteiger partial charge in [-0.3, -0.25) is 0 Å². The van der Waals surface area contributed by atoms with E-state index < -0.39 is 7.94 Å². The normalized spacial score (nSPS) is 15.6. The zero-order valence-corrected chi connectivity index (χ0v) is 10.6. The van der Waals surface area contributed by atoms with Crippen molar-refractivity contribution in [3.05, 3.63) is 0 Å². The molecule has 14 heavy (non-hydrogen) atoms. The minimum atomic E-state index is -3.58. The van der Waals surface area contributed by atoms with E-state index in [1.807, 2.05) is 6.92 Å². The van der Waals surface area contributed by atoms with E-state index >= 15 is 0 Å². The van der Waals surface area contributed by atoms with Crippen LogP contribution in [0.2, 0.25) is 0 Å². The predicted octanol–water partition coefficient (Wildman–Crippen LogP) is 2.58. The van der Waals surface area contributed by atoms with Gasteiger partial charge in [-0.1, -0.05) is 34.1 Å². The molecule has 0 aliphatic heterocycles. The molecule has 1 unspecified atom stereocenters. The molecule has 3 N–H and O–H groups in total. The third-order valence-corrected chi connectivity index (χ3v) is 3.50. The van der Waals surface area contributed by atoms with Crippen LogP contribution in [0.4, 0.5) is 0 Å². The quantitative estimate of drug-likeness (QED) is 0.606. The first kappa shape index (κ1) is 14.3. The van der Waals surface area contributed by atoms with Crippen LogP contribution in [0.15, 0.2) is 0 Å². The first-order valence-electron chi connectivity index (χ1n) is 5.22. The number of hydrogen-bond acceptors (Lipinski definition) is 3. The SMILES string of the molecule is CCCC(C)(C)CC(C)C[P+](O)(O)O. The van der Waals surface area contributed by atoms with E-state index in [0.29, 0.717) is 0 Å². The molecule has 0 saturated carbocycles. The highest BCUT2D eigenvalue weighted by molar-refractivity contribution is 7.58. The molecule has 0 bridgehead atoms. The van der Waals surface area contributed by atoms with Crippen LogP contribution in [0.1, 0.15) is 47.0 Å². The van der Waals surface area contributed by atoms with Crippen molar-refractivity contribution in [1.29, 1.82) is 0 Å². The molecule has 0 radical (unpaired) electrons. The first-order chi connectivity index (χ1) is 6.16. The van der Waals surface area contributed by atoms with E-state index in [2.05, 4.69) is 20.8 Å². The molecule has 0 saturated heterocycles. The van der Waals surface area contributed by atoms with Crippen LogP contribution in [0.25, 0.3) is 0 Å². The molecule has 0 aromatic heterocycles. The second kappa shape index (κ2) is 5.41. The van der Waals surface area contributed by atoms with Crippen molar-refractivity contribution >= 4 is 7.94 Å². The van der Waals surface area contributed by atoms with E-state index in [4.69, 9.17) is 14.7 Å². The minimum absolute atomic E-state index is 0.125. The Bertz CT molecular complexity index is 163. The summed E-state index contributed by atoms with van der Waals surface area (Å²) in [4.78, 5) is 26.8. The Kier molecular flexibility index (Phi) is 5.53. The van der Waals surface area contributed by atoms with Crippen molar-refractivity contribution in [3.63, 3.8) is 0 Å². The second-order valence-electron chi connectivity index (χ2n) is 5.10. The Labute approximate surface area is 87.8 Å². The highest BCUT2D eigenvalue weighted by atomic mass is 31.2. The van der Waals surface area contributed by atoms with Crippen molar-refractivity contribution in [1.82, 2.24) is 0 Å². The van der Waals surface area contributed by atoms with Crippen molar-refractivity contribution in [2.75, 3.05) is 6.16 Å². The molecule has 1 atom stereocenters. The maximum absolute atomic E-state index is 8.94. The van der Waals surface area contributed by atoms with Crippen LogP contribution >= 0.6 is 7.94 Å². The Morgan fingerprint density at radius 1 is 1.21 bits per heavy atom. The van der Waals surface area contributed by atoms with Crippen molar-refractivity contribution in [3.8, 4) is 0 Å². The lowest BCUT2D eigenvalue weighted by molar-refractivity contribution is 0.252. The monoisotopic (exact) mass is 223 g/mol. The van der Waals surface area contributed by atoms with E-state index in [1.54, 1.807) is 0 Å². The van der Waals surface area contributed by atoms with Crippen LogP contribution in [0.5, 0.6) is 0 Å². The van der Waals surface area contributed by atoms with Crippen molar-refractivity contribution in [2.24, 2.45) is 11.3 Å². The van der Waals surface area contributed by atoms with Gasteiger partial charge in [-0.25, -0.2) is 0 Å². The van der Waals surface area contributed by atoms with Crippen molar-refractivity contribution in [2.45, 2.75) is 47.0 Å². The Morgan fingerprint density at radius 2 is 1.71 bits per heavy atom. The summed E-state index contributed by atoms with van der Waals surface area (Å²) in [6.45, 7) is 8.46. The molecule has 86 valence electrons. The summed E-state index contributed by atoms with van der Waals surface area (Å²) in [5, 5.41) is 0. The van der Waals surface area contributed by atoms with Crippen LogP contribution in [0.3, 0.4) is 0 Å². The van der Waals surface area contributed by atoms with Gasteiger partial charge in [0.25, 0.3) is 0 Å². The molecule has 3 nitrogen and oxygen atoms in total. The molecular weight excluding hydrogens is 199 g/mol. The lowest BCUT2D eigenvalue weighted by Gasteiger charge is -2.27. The minimum Gasteiger partial charge on any atom is -0.193 e. The summed E-state index contributed by atoms with van der Waals surface area (Å²) in [5.41, 5.74) is 0.226. The Morgan fingerprint density at radius 3 is 2.07 bits per heavy atom. The molecule has 4 heteroatoms. The Balaban J connectivity index is 3.98. The predicted molar refractivity (Wildman–Crippen MR) is 60.9 cm³/mol. The van der Waals surface area contributed by atoms with Gasteiger partial charge >= 0.3 is 7.94 Å². The number of rotatable bonds is 6. The van der Waals surface area contributed by atoms with E-state index in [1.165, 1.54) is 0 Å². The van der Waals surface area contributed by atoms with E-state index in [9.17, 15) is 0 Å². The summed E-state index contributed by atoms with van der Waals surface area (Å²) < 4.78 is 0. The van der Waals surface area contributed by atoms with Crippen LogP contribution < -0.4 is 0 Å². The lowest BCUT2D eigenvalue weighted by atomic mass is 9.80. The van der Waals surface area contributed by atoms with Gasteiger partial charge in [-0.05, 0) is 24.2 Å². The average Bonchev–Trinajstić information content (AvgIpc) is 1.78. The molecule has 0 aliphatic carbocycles. The highest BCUT2D eigenvalue weighted by Crippen LogP contribution is 2.48. The molecule has 0 aromatic rings. The van der Waals surface area contributed by atoms with Crippen LogP contribution in [0, 0.1) is 11.3 Å². The largest absolute Gasteiger partial charge is 0.403 e. The fourth-order valence-electron chi connectivity index (χ4n) is 2.20. The molecule has 0 fully saturated rings. The fraction of sp³-hybridized carbons (Fsp3) is 1.00. The summed E-state index contributed by atoms with van der Waals surface area (Å²) in [6, 6.07) is 0. The smallest absolute Gasteiger partial charge is 0.193 e. The highest BCUT2D eigenvalue weighted by Gasteiger charge is 2.34. The third-order valence-electron chi connectivity index (χ3n) is 2.38. The second-order valence-corrected chi connectivity index (χ2v) is 6.85. The molecule has 0 amide bonds. The maximum Gasteiger partial charge on any atom is 0.403 e. The average molecular weight is 223 g/mol. The van der Waals surface area contributed by atoms with Crippen molar-refractivity contribution < 1.29 is 14.7 Å². The van der Waals surface area contributed by atoms with E-state index in [0.717, 1.165) is 19.3 Å². The lowest BCUT2D eigenvalue weighted by Crippen LogP contribution is -2.18. The zero-order chi connectivity index (χ0) is 11.4. The van der Waals surface area contributed by atoms with E-state index in [-0.39, 0.29) is 17.5 Å². The van der Waals surface area contributed by atoms with Gasteiger partial charge in [0.2, 0.25) is 0 Å². The third kappa shape index (κ3) is 7.69. The van der Waals surface area contributed by atoms with Crippen LogP contribution in [-0.4, -0.2) is 20.8 Å². The zero-order valence-electron chi connectivity index (χ0n) is 9.69. The maximum atomic E-state index is 8.94. The molecule has 0 heterocycles. The van der Waals surface area contributed by atoms with Gasteiger partial charge in [0, 0.05) is 0 Å². The van der Waals surface area contributed by atoms with Gasteiger partial charge in [0.15, 0.2) is 0 Å². The first-order valence-corrected chi connectivity index (χ1v) is 7.06. The topological polar surface area (TPSA) is 60.7 Å². The fourth-order valence-corrected chi connectivity index (χ4v) is 3.17. The molecule has 0 aromatic carbocycles. The summed E-state index contributed by atoms with van der Waals surface area (Å²) in [6.07, 6.45) is 3.31. The standard InChI is InChI=1S/C10H24O3P/c1-5-6-10(3,4)7-9(2)8-14(11,12)13/h9,11-13H,5-8H2,1-4H3/q+1. The number of hydrogen-bond donors (Lipinski definition) is 3. The van der Waals surface area contributed by atoms with Gasteiger partial charge in [0.1, 0.15) is 6.16 Å². The molecule has 0 spiro atoms. The van der Waals surface area contributed by atoms with Crippen LogP contribution in [-0.2, 0) is 0 Å². The molecule has 0 rings (SSSR count). The van der Waals surface area contributed by atoms with Gasteiger partial charge in [0.05, 0.1) is 0 Å². The molecule has 0 aliphatic rings. The summed E-state index contributed by atoms with van der Waals surface area (Å²) in [5.74, 6) is 0.157. The summed E-state index contributed by atoms with van der Waals surface area (Å²) >= 11 is 0. The Hall–Kier alpha value is 0.310. The summed E-state index contributed by atoms with van der Waals surface area (Å²) in [7, 11) is -3.58. The van der Waals surface area contributed by atoms with Gasteiger partial charge in [-0.2, -0.15) is 14.7 Å².